The summed E-state index contributed by atoms with van der Waals surface area (Å²) in [7, 11) is 1.58. The third-order valence-electron chi connectivity index (χ3n) is 4.30. The molecule has 2 aromatic rings. The van der Waals surface area contributed by atoms with Gasteiger partial charge in [-0.15, -0.1) is 0 Å². The van der Waals surface area contributed by atoms with Crippen molar-refractivity contribution in [2.45, 2.75) is 19.8 Å². The van der Waals surface area contributed by atoms with Crippen LogP contribution in [0.5, 0.6) is 5.75 Å². The second-order valence-corrected chi connectivity index (χ2v) is 6.27. The molecule has 0 aliphatic carbocycles. The van der Waals surface area contributed by atoms with Gasteiger partial charge in [-0.05, 0) is 38.0 Å². The molecule has 7 nitrogen and oxygen atoms in total. The molecule has 0 unspecified atom stereocenters. The van der Waals surface area contributed by atoms with Gasteiger partial charge in [0.05, 0.1) is 7.11 Å². The van der Waals surface area contributed by atoms with Crippen molar-refractivity contribution in [2.75, 3.05) is 43.5 Å². The van der Waals surface area contributed by atoms with Crippen LogP contribution in [0.1, 0.15) is 29.0 Å². The Hall–Kier alpha value is -2.83. The number of carbonyl (C=O) groups is 1. The van der Waals surface area contributed by atoms with E-state index in [4.69, 9.17) is 4.74 Å². The minimum Gasteiger partial charge on any atom is -0.497 e. The zero-order valence-corrected chi connectivity index (χ0v) is 15.3. The summed E-state index contributed by atoms with van der Waals surface area (Å²) in [6.07, 6.45) is 2.42. The Bertz CT molecular complexity index is 759. The van der Waals surface area contributed by atoms with E-state index in [1.54, 1.807) is 25.3 Å². The summed E-state index contributed by atoms with van der Waals surface area (Å²) in [5.74, 6) is 3.05. The second-order valence-electron chi connectivity index (χ2n) is 6.27. The van der Waals surface area contributed by atoms with Gasteiger partial charge in [0, 0.05) is 37.8 Å². The van der Waals surface area contributed by atoms with Gasteiger partial charge in [0.15, 0.2) is 0 Å². The van der Waals surface area contributed by atoms with Crippen LogP contribution >= 0.6 is 0 Å². The number of carbonyl (C=O) groups excluding carboxylic acids is 1. The molecule has 0 saturated carbocycles. The molecular weight excluding hydrogens is 330 g/mol. The number of anilines is 2. The van der Waals surface area contributed by atoms with E-state index in [-0.39, 0.29) is 5.91 Å². The van der Waals surface area contributed by atoms with Crippen molar-refractivity contribution in [1.29, 1.82) is 0 Å². The normalized spacial score (nSPS) is 13.5. The number of hydrogen-bond acceptors (Lipinski definition) is 6. The highest BCUT2D eigenvalue weighted by Crippen LogP contribution is 2.20. The van der Waals surface area contributed by atoms with E-state index in [0.717, 1.165) is 30.5 Å². The quantitative estimate of drug-likeness (QED) is 0.742. The number of amides is 1. The summed E-state index contributed by atoms with van der Waals surface area (Å²) < 4.78 is 5.14. The standard InChI is InChI=1S/C19H25N5O2/c1-14-22-17(13-18(23-14)24-10-3-4-11-24)20-8-9-21-19(25)15-6-5-7-16(12-15)26-2/h5-7,12-13H,3-4,8-11H2,1-2H3,(H,21,25)(H,20,22,23). The van der Waals surface area contributed by atoms with Gasteiger partial charge in [-0.25, -0.2) is 9.97 Å². The molecule has 1 saturated heterocycles. The molecule has 1 aromatic carbocycles. The maximum Gasteiger partial charge on any atom is 0.251 e. The van der Waals surface area contributed by atoms with E-state index in [9.17, 15) is 4.79 Å². The van der Waals surface area contributed by atoms with Crippen LogP contribution in [0, 0.1) is 6.92 Å². The van der Waals surface area contributed by atoms with Crippen molar-refractivity contribution in [3.8, 4) is 5.75 Å². The first-order chi connectivity index (χ1) is 12.7. The van der Waals surface area contributed by atoms with Crippen LogP contribution in [0.15, 0.2) is 30.3 Å². The van der Waals surface area contributed by atoms with E-state index in [1.807, 2.05) is 19.1 Å². The van der Waals surface area contributed by atoms with Crippen LogP contribution in [0.2, 0.25) is 0 Å². The number of aromatic nitrogens is 2. The minimum atomic E-state index is -0.123. The van der Waals surface area contributed by atoms with Crippen molar-refractivity contribution < 1.29 is 9.53 Å². The maximum atomic E-state index is 12.2. The minimum absolute atomic E-state index is 0.123. The number of nitrogens with one attached hydrogen (secondary N) is 2. The van der Waals surface area contributed by atoms with Crippen LogP contribution < -0.4 is 20.3 Å². The molecule has 2 heterocycles. The summed E-state index contributed by atoms with van der Waals surface area (Å²) in [5, 5.41) is 6.16. The second kappa shape index (κ2) is 8.51. The van der Waals surface area contributed by atoms with Gasteiger partial charge in [0.25, 0.3) is 5.91 Å². The predicted molar refractivity (Wildman–Crippen MR) is 102 cm³/mol. The molecule has 26 heavy (non-hydrogen) atoms. The molecule has 7 heteroatoms. The lowest BCUT2D eigenvalue weighted by molar-refractivity contribution is 0.0955. The number of benzene rings is 1. The maximum absolute atomic E-state index is 12.2. The zero-order valence-electron chi connectivity index (χ0n) is 15.3. The molecule has 0 bridgehead atoms. The molecule has 1 aromatic heterocycles. The molecule has 1 aliphatic heterocycles. The summed E-state index contributed by atoms with van der Waals surface area (Å²) >= 11 is 0. The first-order valence-electron chi connectivity index (χ1n) is 8.92. The predicted octanol–water partition coefficient (Wildman–Crippen LogP) is 2.24. The van der Waals surface area contributed by atoms with Gasteiger partial charge >= 0.3 is 0 Å². The lowest BCUT2D eigenvalue weighted by Crippen LogP contribution is -2.29. The summed E-state index contributed by atoms with van der Waals surface area (Å²) in [6.45, 7) is 5.08. The Kier molecular flexibility index (Phi) is 5.88. The van der Waals surface area contributed by atoms with E-state index in [1.165, 1.54) is 12.8 Å². The molecule has 1 aliphatic rings. The Morgan fingerprint density at radius 1 is 1.19 bits per heavy atom. The van der Waals surface area contributed by atoms with Crippen molar-refractivity contribution in [2.24, 2.45) is 0 Å². The number of hydrogen-bond donors (Lipinski definition) is 2. The number of nitrogens with zero attached hydrogens (tertiary/aromatic N) is 3. The van der Waals surface area contributed by atoms with E-state index >= 15 is 0 Å². The fourth-order valence-corrected chi connectivity index (χ4v) is 2.98. The molecule has 0 radical (unpaired) electrons. The lowest BCUT2D eigenvalue weighted by atomic mass is 10.2. The van der Waals surface area contributed by atoms with E-state index in [2.05, 4.69) is 25.5 Å². The van der Waals surface area contributed by atoms with Crippen molar-refractivity contribution in [1.82, 2.24) is 15.3 Å². The van der Waals surface area contributed by atoms with Gasteiger partial charge < -0.3 is 20.3 Å². The van der Waals surface area contributed by atoms with Crippen LogP contribution in [0.3, 0.4) is 0 Å². The Labute approximate surface area is 153 Å². The summed E-state index contributed by atoms with van der Waals surface area (Å²) in [4.78, 5) is 23.4. The van der Waals surface area contributed by atoms with E-state index in [0.29, 0.717) is 24.4 Å². The molecule has 0 spiro atoms. The largest absolute Gasteiger partial charge is 0.497 e. The summed E-state index contributed by atoms with van der Waals surface area (Å²) in [6, 6.07) is 9.08. The monoisotopic (exact) mass is 355 g/mol. The molecule has 3 rings (SSSR count). The van der Waals surface area contributed by atoms with Crippen LogP contribution in [0.25, 0.3) is 0 Å². The fourth-order valence-electron chi connectivity index (χ4n) is 2.98. The van der Waals surface area contributed by atoms with Crippen LogP contribution in [0.4, 0.5) is 11.6 Å². The van der Waals surface area contributed by atoms with E-state index < -0.39 is 0 Å². The van der Waals surface area contributed by atoms with Gasteiger partial charge in [-0.3, -0.25) is 4.79 Å². The molecular formula is C19H25N5O2. The van der Waals surface area contributed by atoms with Gasteiger partial charge in [0.2, 0.25) is 0 Å². The topological polar surface area (TPSA) is 79.4 Å². The fraction of sp³-hybridized carbons (Fsp3) is 0.421. The zero-order chi connectivity index (χ0) is 18.4. The first-order valence-corrected chi connectivity index (χ1v) is 8.92. The number of aryl methyl sites for hydroxylation is 1. The van der Waals surface area contributed by atoms with Gasteiger partial charge in [-0.1, -0.05) is 6.07 Å². The Balaban J connectivity index is 1.50. The Morgan fingerprint density at radius 3 is 2.77 bits per heavy atom. The molecule has 0 atom stereocenters. The third-order valence-corrected chi connectivity index (χ3v) is 4.30. The highest BCUT2D eigenvalue weighted by atomic mass is 16.5. The van der Waals surface area contributed by atoms with Crippen molar-refractivity contribution in [3.05, 3.63) is 41.7 Å². The first kappa shape index (κ1) is 18.0. The number of rotatable bonds is 7. The smallest absolute Gasteiger partial charge is 0.251 e. The molecule has 138 valence electrons. The average Bonchev–Trinajstić information content (AvgIpc) is 3.19. The van der Waals surface area contributed by atoms with Gasteiger partial charge in [-0.2, -0.15) is 0 Å². The van der Waals surface area contributed by atoms with Crippen molar-refractivity contribution >= 4 is 17.5 Å². The molecule has 2 N–H and O–H groups in total. The van der Waals surface area contributed by atoms with Crippen LogP contribution in [-0.4, -0.2) is 49.2 Å². The summed E-state index contributed by atoms with van der Waals surface area (Å²) in [5.41, 5.74) is 0.582. The van der Waals surface area contributed by atoms with Gasteiger partial charge in [0.1, 0.15) is 23.2 Å². The third kappa shape index (κ3) is 4.62. The highest BCUT2D eigenvalue weighted by molar-refractivity contribution is 5.94. The number of methoxy groups -OCH3 is 1. The average molecular weight is 355 g/mol. The SMILES string of the molecule is COc1cccc(C(=O)NCCNc2cc(N3CCCC3)nc(C)n2)c1. The Morgan fingerprint density at radius 2 is 2.00 bits per heavy atom. The highest BCUT2D eigenvalue weighted by Gasteiger charge is 2.15. The lowest BCUT2D eigenvalue weighted by Gasteiger charge is -2.17. The van der Waals surface area contributed by atoms with Crippen LogP contribution in [-0.2, 0) is 0 Å². The number of ether oxygens (including phenoxy) is 1. The molecule has 1 amide bonds. The van der Waals surface area contributed by atoms with Crippen molar-refractivity contribution in [3.63, 3.8) is 0 Å². The molecule has 1 fully saturated rings.